The lowest BCUT2D eigenvalue weighted by atomic mass is 10.2. The molecule has 0 aliphatic carbocycles. The lowest BCUT2D eigenvalue weighted by Gasteiger charge is -2.35. The fraction of sp³-hybridized carbons (Fsp3) is 0.421. The van der Waals surface area contributed by atoms with E-state index in [2.05, 4.69) is 19.8 Å². The highest BCUT2D eigenvalue weighted by atomic mass is 32.2. The van der Waals surface area contributed by atoms with Gasteiger partial charge in [0, 0.05) is 45.3 Å². The molecule has 1 aromatic heterocycles. The summed E-state index contributed by atoms with van der Waals surface area (Å²) in [5.74, 6) is 1.76. The molecule has 2 aliphatic rings. The SMILES string of the molecule is N#Cc1ccccc1S(=O)(=O)N1CCN(c2cc(N3CCCC3)ncn2)CC1. The topological polar surface area (TPSA) is 93.4 Å². The number of sulfonamides is 1. The smallest absolute Gasteiger partial charge is 0.244 e. The van der Waals surface area contributed by atoms with Gasteiger partial charge >= 0.3 is 0 Å². The van der Waals surface area contributed by atoms with Crippen LogP contribution in [-0.4, -0.2) is 62.0 Å². The normalized spacial score (nSPS) is 18.2. The number of piperazine rings is 1. The summed E-state index contributed by atoms with van der Waals surface area (Å²) in [7, 11) is -3.69. The average molecular weight is 398 g/mol. The largest absolute Gasteiger partial charge is 0.356 e. The van der Waals surface area contributed by atoms with Crippen LogP contribution in [0.5, 0.6) is 0 Å². The monoisotopic (exact) mass is 398 g/mol. The Labute approximate surface area is 165 Å². The number of benzene rings is 1. The first-order valence-corrected chi connectivity index (χ1v) is 10.8. The zero-order chi connectivity index (χ0) is 19.6. The summed E-state index contributed by atoms with van der Waals surface area (Å²) in [6.45, 7) is 3.83. The van der Waals surface area contributed by atoms with Crippen molar-refractivity contribution < 1.29 is 8.42 Å². The second-order valence-electron chi connectivity index (χ2n) is 6.93. The van der Waals surface area contributed by atoms with Crippen LogP contribution >= 0.6 is 0 Å². The summed E-state index contributed by atoms with van der Waals surface area (Å²) in [4.78, 5) is 13.2. The summed E-state index contributed by atoms with van der Waals surface area (Å²) >= 11 is 0. The lowest BCUT2D eigenvalue weighted by molar-refractivity contribution is 0.383. The van der Waals surface area contributed by atoms with Crippen molar-refractivity contribution >= 4 is 21.7 Å². The van der Waals surface area contributed by atoms with Crippen molar-refractivity contribution in [3.05, 3.63) is 42.2 Å². The zero-order valence-electron chi connectivity index (χ0n) is 15.5. The molecule has 2 saturated heterocycles. The molecular weight excluding hydrogens is 376 g/mol. The van der Waals surface area contributed by atoms with Gasteiger partial charge in [-0.1, -0.05) is 12.1 Å². The minimum atomic E-state index is -3.69. The van der Waals surface area contributed by atoms with Gasteiger partial charge in [-0.3, -0.25) is 0 Å². The van der Waals surface area contributed by atoms with Crippen LogP contribution in [0.1, 0.15) is 18.4 Å². The van der Waals surface area contributed by atoms with Crippen molar-refractivity contribution in [2.24, 2.45) is 0 Å². The van der Waals surface area contributed by atoms with Crippen LogP contribution in [0.25, 0.3) is 0 Å². The highest BCUT2D eigenvalue weighted by molar-refractivity contribution is 7.89. The highest BCUT2D eigenvalue weighted by Crippen LogP contribution is 2.25. The van der Waals surface area contributed by atoms with E-state index >= 15 is 0 Å². The van der Waals surface area contributed by atoms with Gasteiger partial charge in [-0.25, -0.2) is 18.4 Å². The molecule has 0 saturated carbocycles. The van der Waals surface area contributed by atoms with Crippen molar-refractivity contribution in [3.63, 3.8) is 0 Å². The number of hydrogen-bond donors (Lipinski definition) is 0. The molecule has 0 N–H and O–H groups in total. The molecule has 2 aromatic rings. The van der Waals surface area contributed by atoms with Crippen molar-refractivity contribution in [3.8, 4) is 6.07 Å². The summed E-state index contributed by atoms with van der Waals surface area (Å²) < 4.78 is 27.4. The Morgan fingerprint density at radius 1 is 0.893 bits per heavy atom. The molecule has 28 heavy (non-hydrogen) atoms. The first-order chi connectivity index (χ1) is 13.6. The summed E-state index contributed by atoms with van der Waals surface area (Å²) in [6.07, 6.45) is 3.94. The van der Waals surface area contributed by atoms with Crippen LogP contribution in [0.3, 0.4) is 0 Å². The summed E-state index contributed by atoms with van der Waals surface area (Å²) in [5, 5.41) is 9.23. The van der Waals surface area contributed by atoms with Crippen LogP contribution in [0.15, 0.2) is 41.6 Å². The van der Waals surface area contributed by atoms with Gasteiger partial charge in [0.1, 0.15) is 24.0 Å². The molecule has 9 heteroatoms. The van der Waals surface area contributed by atoms with E-state index in [4.69, 9.17) is 0 Å². The van der Waals surface area contributed by atoms with E-state index in [1.807, 2.05) is 12.1 Å². The van der Waals surface area contributed by atoms with Crippen molar-refractivity contribution in [1.82, 2.24) is 14.3 Å². The molecule has 3 heterocycles. The quantitative estimate of drug-likeness (QED) is 0.770. The van der Waals surface area contributed by atoms with Crippen LogP contribution in [-0.2, 0) is 10.0 Å². The predicted molar refractivity (Wildman–Crippen MR) is 106 cm³/mol. The molecule has 2 aliphatic heterocycles. The van der Waals surface area contributed by atoms with E-state index in [-0.39, 0.29) is 10.5 Å². The molecule has 4 rings (SSSR count). The van der Waals surface area contributed by atoms with E-state index in [0.29, 0.717) is 26.2 Å². The van der Waals surface area contributed by atoms with Crippen LogP contribution < -0.4 is 9.80 Å². The standard InChI is InChI=1S/C19H22N6O2S/c20-14-16-5-1-2-6-17(16)28(26,27)25-11-9-24(10-12-25)19-13-18(21-15-22-19)23-7-3-4-8-23/h1-2,5-6,13,15H,3-4,7-12H2. The Kier molecular flexibility index (Phi) is 5.15. The number of hydrogen-bond acceptors (Lipinski definition) is 7. The Hall–Kier alpha value is -2.70. The van der Waals surface area contributed by atoms with E-state index < -0.39 is 10.0 Å². The van der Waals surface area contributed by atoms with Gasteiger partial charge in [0.2, 0.25) is 10.0 Å². The molecule has 8 nitrogen and oxygen atoms in total. The molecule has 0 bridgehead atoms. The molecule has 1 aromatic carbocycles. The number of aromatic nitrogens is 2. The molecule has 0 atom stereocenters. The molecule has 2 fully saturated rings. The maximum Gasteiger partial charge on any atom is 0.244 e. The Balaban J connectivity index is 1.48. The molecule has 0 unspecified atom stereocenters. The minimum Gasteiger partial charge on any atom is -0.356 e. The van der Waals surface area contributed by atoms with E-state index in [9.17, 15) is 13.7 Å². The predicted octanol–water partition coefficient (Wildman–Crippen LogP) is 1.46. The third-order valence-electron chi connectivity index (χ3n) is 5.26. The first-order valence-electron chi connectivity index (χ1n) is 9.41. The van der Waals surface area contributed by atoms with Crippen molar-refractivity contribution in [2.45, 2.75) is 17.7 Å². The molecule has 0 amide bonds. The van der Waals surface area contributed by atoms with Crippen LogP contribution in [0.2, 0.25) is 0 Å². The number of rotatable bonds is 4. The second-order valence-corrected chi connectivity index (χ2v) is 8.83. The maximum absolute atomic E-state index is 13.0. The average Bonchev–Trinajstić information content (AvgIpc) is 3.29. The third-order valence-corrected chi connectivity index (χ3v) is 7.21. The van der Waals surface area contributed by atoms with E-state index in [1.54, 1.807) is 18.5 Å². The van der Waals surface area contributed by atoms with Crippen molar-refractivity contribution in [1.29, 1.82) is 5.26 Å². The Morgan fingerprint density at radius 3 is 2.14 bits per heavy atom. The lowest BCUT2D eigenvalue weighted by Crippen LogP contribution is -2.49. The van der Waals surface area contributed by atoms with E-state index in [0.717, 1.165) is 24.7 Å². The number of nitrogens with zero attached hydrogens (tertiary/aromatic N) is 6. The Morgan fingerprint density at radius 2 is 1.50 bits per heavy atom. The van der Waals surface area contributed by atoms with Gasteiger partial charge in [0.05, 0.1) is 10.5 Å². The molecule has 146 valence electrons. The second kappa shape index (κ2) is 7.73. The number of nitriles is 1. The zero-order valence-corrected chi connectivity index (χ0v) is 16.3. The van der Waals surface area contributed by atoms with E-state index in [1.165, 1.54) is 29.3 Å². The van der Waals surface area contributed by atoms with Crippen LogP contribution in [0, 0.1) is 11.3 Å². The number of anilines is 2. The first kappa shape index (κ1) is 18.7. The van der Waals surface area contributed by atoms with Crippen molar-refractivity contribution in [2.75, 3.05) is 49.1 Å². The molecule has 0 spiro atoms. The molecule has 0 radical (unpaired) electrons. The maximum atomic E-state index is 13.0. The van der Waals surface area contributed by atoms with Gasteiger partial charge in [0.15, 0.2) is 0 Å². The summed E-state index contributed by atoms with van der Waals surface area (Å²) in [6, 6.07) is 10.3. The van der Waals surface area contributed by atoms with Gasteiger partial charge in [-0.2, -0.15) is 9.57 Å². The van der Waals surface area contributed by atoms with Crippen LogP contribution in [0.4, 0.5) is 11.6 Å². The Bertz CT molecular complexity index is 989. The summed E-state index contributed by atoms with van der Waals surface area (Å²) in [5.41, 5.74) is 0.177. The van der Waals surface area contributed by atoms with Gasteiger partial charge < -0.3 is 9.80 Å². The van der Waals surface area contributed by atoms with Gasteiger partial charge in [-0.05, 0) is 25.0 Å². The fourth-order valence-electron chi connectivity index (χ4n) is 3.71. The highest BCUT2D eigenvalue weighted by Gasteiger charge is 2.30. The van der Waals surface area contributed by atoms with Gasteiger partial charge in [-0.15, -0.1) is 0 Å². The fourth-order valence-corrected chi connectivity index (χ4v) is 5.27. The molecular formula is C19H22N6O2S. The van der Waals surface area contributed by atoms with Gasteiger partial charge in [0.25, 0.3) is 0 Å². The third kappa shape index (κ3) is 3.53. The minimum absolute atomic E-state index is 0.0734.